The van der Waals surface area contributed by atoms with Crippen molar-refractivity contribution in [2.24, 2.45) is 5.73 Å². The van der Waals surface area contributed by atoms with Crippen molar-refractivity contribution in [2.75, 3.05) is 6.54 Å². The van der Waals surface area contributed by atoms with Gasteiger partial charge in [-0.15, -0.1) is 0 Å². The lowest BCUT2D eigenvalue weighted by Crippen LogP contribution is -2.11. The molecule has 120 valence electrons. The summed E-state index contributed by atoms with van der Waals surface area (Å²) in [6.45, 7) is 2.01. The minimum Gasteiger partial charge on any atom is -0.508 e. The van der Waals surface area contributed by atoms with Crippen molar-refractivity contribution in [1.82, 2.24) is 0 Å². The molecule has 0 aliphatic rings. The summed E-state index contributed by atoms with van der Waals surface area (Å²) in [5.74, 6) is 0.148. The summed E-state index contributed by atoms with van der Waals surface area (Å²) in [4.78, 5) is -0.0666. The van der Waals surface area contributed by atoms with Gasteiger partial charge in [0, 0.05) is 6.54 Å². The molecule has 0 radical (unpaired) electrons. The summed E-state index contributed by atoms with van der Waals surface area (Å²) in [7, 11) is -4.02. The fourth-order valence-electron chi connectivity index (χ4n) is 1.58. The molecule has 0 heterocycles. The lowest BCUT2D eigenvalue weighted by Gasteiger charge is -2.06. The molecule has 0 fully saturated rings. The van der Waals surface area contributed by atoms with Gasteiger partial charge in [-0.25, -0.2) is 0 Å². The Hall–Kier alpha value is -1.93. The highest BCUT2D eigenvalue weighted by Crippen LogP contribution is 2.16. The predicted molar refractivity (Wildman–Crippen MR) is 83.1 cm³/mol. The van der Waals surface area contributed by atoms with Crippen molar-refractivity contribution in [2.45, 2.75) is 17.9 Å². The SMILES string of the molecule is Cc1ccc(S(=O)(=O)O)cc1.NCC(O)c1cccc(O)c1. The van der Waals surface area contributed by atoms with Crippen molar-refractivity contribution in [3.8, 4) is 5.75 Å². The Morgan fingerprint density at radius 2 is 1.73 bits per heavy atom. The van der Waals surface area contributed by atoms with Crippen molar-refractivity contribution in [1.29, 1.82) is 0 Å². The zero-order chi connectivity index (χ0) is 16.8. The van der Waals surface area contributed by atoms with E-state index in [0.29, 0.717) is 5.56 Å². The number of nitrogens with two attached hydrogens (primary N) is 1. The molecule has 7 heteroatoms. The van der Waals surface area contributed by atoms with Gasteiger partial charge in [0.15, 0.2) is 0 Å². The van der Waals surface area contributed by atoms with E-state index in [1.54, 1.807) is 30.3 Å². The third-order valence-corrected chi connectivity index (χ3v) is 3.66. The van der Waals surface area contributed by atoms with Crippen molar-refractivity contribution in [3.63, 3.8) is 0 Å². The van der Waals surface area contributed by atoms with Gasteiger partial charge in [0.05, 0.1) is 11.0 Å². The lowest BCUT2D eigenvalue weighted by molar-refractivity contribution is 0.186. The molecule has 0 saturated heterocycles. The largest absolute Gasteiger partial charge is 0.508 e. The molecular weight excluding hydrogens is 306 g/mol. The number of phenolic OH excluding ortho intramolecular Hbond substituents is 1. The second kappa shape index (κ2) is 7.90. The van der Waals surface area contributed by atoms with Crippen LogP contribution in [-0.4, -0.2) is 29.7 Å². The zero-order valence-electron chi connectivity index (χ0n) is 12.0. The summed E-state index contributed by atoms with van der Waals surface area (Å²) >= 11 is 0. The molecule has 0 amide bonds. The van der Waals surface area contributed by atoms with Crippen LogP contribution in [0.3, 0.4) is 0 Å². The highest BCUT2D eigenvalue weighted by atomic mass is 32.2. The summed E-state index contributed by atoms with van der Waals surface area (Å²) in [5.41, 5.74) is 6.82. The number of aromatic hydroxyl groups is 1. The number of hydrogen-bond acceptors (Lipinski definition) is 5. The summed E-state index contributed by atoms with van der Waals surface area (Å²) in [6, 6.07) is 12.4. The normalized spacial score (nSPS) is 12.2. The van der Waals surface area contributed by atoms with Gasteiger partial charge in [-0.1, -0.05) is 29.8 Å². The first-order valence-corrected chi connectivity index (χ1v) is 7.89. The molecule has 1 atom stereocenters. The molecule has 5 N–H and O–H groups in total. The number of rotatable bonds is 3. The smallest absolute Gasteiger partial charge is 0.294 e. The van der Waals surface area contributed by atoms with Crippen LogP contribution in [0.5, 0.6) is 5.75 Å². The molecule has 0 spiro atoms. The van der Waals surface area contributed by atoms with Crippen LogP contribution in [0, 0.1) is 6.92 Å². The second-order valence-corrected chi connectivity index (χ2v) is 6.06. The highest BCUT2D eigenvalue weighted by molar-refractivity contribution is 7.85. The number of aliphatic hydroxyl groups excluding tert-OH is 1. The van der Waals surface area contributed by atoms with Gasteiger partial charge in [0.2, 0.25) is 0 Å². The first kappa shape index (κ1) is 18.1. The van der Waals surface area contributed by atoms with Crippen LogP contribution in [0.4, 0.5) is 0 Å². The third kappa shape index (κ3) is 5.82. The van der Waals surface area contributed by atoms with Crippen LogP contribution >= 0.6 is 0 Å². The maximum atomic E-state index is 10.5. The lowest BCUT2D eigenvalue weighted by atomic mass is 10.1. The monoisotopic (exact) mass is 325 g/mol. The van der Waals surface area contributed by atoms with Crippen LogP contribution in [0.2, 0.25) is 0 Å². The maximum absolute atomic E-state index is 10.5. The molecule has 0 aliphatic heterocycles. The predicted octanol–water partition coefficient (Wildman–Crippen LogP) is 1.63. The van der Waals surface area contributed by atoms with Gasteiger partial charge in [-0.05, 0) is 36.8 Å². The molecule has 2 aromatic rings. The number of phenols is 1. The Balaban J connectivity index is 0.000000220. The quantitative estimate of drug-likeness (QED) is 0.636. The van der Waals surface area contributed by atoms with Crippen LogP contribution in [-0.2, 0) is 10.1 Å². The van der Waals surface area contributed by atoms with E-state index in [0.717, 1.165) is 5.56 Å². The van der Waals surface area contributed by atoms with E-state index in [2.05, 4.69) is 0 Å². The van der Waals surface area contributed by atoms with E-state index < -0.39 is 16.2 Å². The van der Waals surface area contributed by atoms with E-state index in [4.69, 9.17) is 15.4 Å². The molecule has 2 aromatic carbocycles. The third-order valence-electron chi connectivity index (χ3n) is 2.80. The molecule has 0 bridgehead atoms. The van der Waals surface area contributed by atoms with Gasteiger partial charge in [-0.3, -0.25) is 4.55 Å². The first-order valence-electron chi connectivity index (χ1n) is 6.45. The minimum absolute atomic E-state index is 0.0666. The summed E-state index contributed by atoms with van der Waals surface area (Å²) < 4.78 is 29.6. The topological polar surface area (TPSA) is 121 Å². The second-order valence-electron chi connectivity index (χ2n) is 4.63. The fourth-order valence-corrected chi connectivity index (χ4v) is 2.06. The molecule has 1 unspecified atom stereocenters. The molecule has 22 heavy (non-hydrogen) atoms. The maximum Gasteiger partial charge on any atom is 0.294 e. The van der Waals surface area contributed by atoms with E-state index in [9.17, 15) is 13.5 Å². The first-order chi connectivity index (χ1) is 10.2. The Labute approximate surface area is 129 Å². The standard InChI is InChI=1S/C8H11NO2.C7H8O3S/c9-5-8(11)6-2-1-3-7(10)4-6;1-6-2-4-7(5-3-6)11(8,9)10/h1-4,8,10-11H,5,9H2;2-5H,1H3,(H,8,9,10). The minimum atomic E-state index is -4.02. The number of aliphatic hydroxyl groups is 1. The Bertz CT molecular complexity index is 698. The summed E-state index contributed by atoms with van der Waals surface area (Å²) in [6.07, 6.45) is -0.679. The number of benzene rings is 2. The Morgan fingerprint density at radius 1 is 1.14 bits per heavy atom. The molecule has 2 rings (SSSR count). The Morgan fingerprint density at radius 3 is 2.18 bits per heavy atom. The summed E-state index contributed by atoms with van der Waals surface area (Å²) in [5, 5.41) is 18.2. The van der Waals surface area contributed by atoms with Crippen molar-refractivity contribution in [3.05, 3.63) is 59.7 Å². The molecule has 0 aliphatic carbocycles. The van der Waals surface area contributed by atoms with E-state index in [1.807, 2.05) is 6.92 Å². The van der Waals surface area contributed by atoms with Gasteiger partial charge in [-0.2, -0.15) is 8.42 Å². The van der Waals surface area contributed by atoms with Crippen LogP contribution < -0.4 is 5.73 Å². The van der Waals surface area contributed by atoms with Gasteiger partial charge in [0.25, 0.3) is 10.1 Å². The zero-order valence-corrected chi connectivity index (χ0v) is 12.9. The molecule has 6 nitrogen and oxygen atoms in total. The van der Waals surface area contributed by atoms with Gasteiger partial charge in [0.1, 0.15) is 5.75 Å². The average Bonchev–Trinajstić information content (AvgIpc) is 2.46. The van der Waals surface area contributed by atoms with Gasteiger partial charge < -0.3 is 15.9 Å². The van der Waals surface area contributed by atoms with Gasteiger partial charge >= 0.3 is 0 Å². The fraction of sp³-hybridized carbons (Fsp3) is 0.200. The van der Waals surface area contributed by atoms with Crippen LogP contribution in [0.25, 0.3) is 0 Å². The van der Waals surface area contributed by atoms with Crippen molar-refractivity contribution < 1.29 is 23.2 Å². The van der Waals surface area contributed by atoms with Crippen molar-refractivity contribution >= 4 is 10.1 Å². The molecular formula is C15H19NO5S. The number of aryl methyl sites for hydroxylation is 1. The van der Waals surface area contributed by atoms with E-state index in [1.165, 1.54) is 18.2 Å². The molecule has 0 aromatic heterocycles. The molecule has 0 saturated carbocycles. The van der Waals surface area contributed by atoms with E-state index in [-0.39, 0.29) is 17.2 Å². The van der Waals surface area contributed by atoms with Crippen LogP contribution in [0.15, 0.2) is 53.4 Å². The Kier molecular flexibility index (Phi) is 6.51. The number of hydrogen-bond donors (Lipinski definition) is 4. The average molecular weight is 325 g/mol. The highest BCUT2D eigenvalue weighted by Gasteiger charge is 2.06. The van der Waals surface area contributed by atoms with E-state index >= 15 is 0 Å². The van der Waals surface area contributed by atoms with Crippen LogP contribution in [0.1, 0.15) is 17.2 Å².